The van der Waals surface area contributed by atoms with Crippen molar-refractivity contribution in [1.82, 2.24) is 0 Å². The van der Waals surface area contributed by atoms with Crippen molar-refractivity contribution in [3.8, 4) is 0 Å². The van der Waals surface area contributed by atoms with Gasteiger partial charge in [0.1, 0.15) is 0 Å². The van der Waals surface area contributed by atoms with Gasteiger partial charge in [-0.2, -0.15) is 0 Å². The van der Waals surface area contributed by atoms with E-state index < -0.39 is 5.97 Å². The van der Waals surface area contributed by atoms with E-state index in [1.807, 2.05) is 24.3 Å². The molecule has 0 aliphatic heterocycles. The number of rotatable bonds is 4. The normalized spacial score (nSPS) is 10.2. The van der Waals surface area contributed by atoms with Crippen LogP contribution in [0.1, 0.15) is 22.8 Å². The molecule has 0 bridgehead atoms. The lowest BCUT2D eigenvalue weighted by molar-refractivity contribution is 0.0698. The van der Waals surface area contributed by atoms with E-state index in [-0.39, 0.29) is 5.56 Å². The molecule has 0 spiro atoms. The molecule has 98 valence electrons. The monoisotopic (exact) mass is 256 g/mol. The fourth-order valence-electron chi connectivity index (χ4n) is 1.94. The Labute approximate surface area is 111 Å². The smallest absolute Gasteiger partial charge is 0.337 e. The van der Waals surface area contributed by atoms with Crippen LogP contribution in [0.25, 0.3) is 0 Å². The molecule has 0 saturated heterocycles. The Balaban J connectivity index is 2.41. The number of hydrogen-bond acceptors (Lipinski definition) is 3. The molecule has 0 aromatic heterocycles. The van der Waals surface area contributed by atoms with E-state index in [1.54, 1.807) is 12.1 Å². The summed E-state index contributed by atoms with van der Waals surface area (Å²) in [6.07, 6.45) is 0.876. The number of nitrogens with one attached hydrogen (secondary N) is 1. The number of aromatic carboxylic acids is 1. The lowest BCUT2D eigenvalue weighted by Crippen LogP contribution is -2.05. The molecule has 0 saturated carbocycles. The summed E-state index contributed by atoms with van der Waals surface area (Å²) in [5, 5.41) is 12.4. The topological polar surface area (TPSA) is 75.3 Å². The molecular formula is C15H16N2O2. The second-order valence-corrected chi connectivity index (χ2v) is 4.25. The van der Waals surface area contributed by atoms with Crippen molar-refractivity contribution >= 4 is 23.0 Å². The summed E-state index contributed by atoms with van der Waals surface area (Å²) in [4.78, 5) is 11.2. The molecule has 0 aliphatic rings. The van der Waals surface area contributed by atoms with Gasteiger partial charge in [-0.1, -0.05) is 25.1 Å². The summed E-state index contributed by atoms with van der Waals surface area (Å²) in [7, 11) is 0. The highest BCUT2D eigenvalue weighted by molar-refractivity contribution is 5.96. The minimum atomic E-state index is -0.997. The number of nitrogen functional groups attached to an aromatic ring is 1. The second-order valence-electron chi connectivity index (χ2n) is 4.25. The van der Waals surface area contributed by atoms with Crippen molar-refractivity contribution in [2.75, 3.05) is 11.1 Å². The van der Waals surface area contributed by atoms with Gasteiger partial charge in [0.2, 0.25) is 0 Å². The first kappa shape index (κ1) is 13.0. The van der Waals surface area contributed by atoms with Crippen LogP contribution in [0.3, 0.4) is 0 Å². The van der Waals surface area contributed by atoms with Gasteiger partial charge >= 0.3 is 5.97 Å². The Hall–Kier alpha value is -2.49. The van der Waals surface area contributed by atoms with Crippen molar-refractivity contribution in [3.05, 3.63) is 53.6 Å². The highest BCUT2D eigenvalue weighted by atomic mass is 16.4. The standard InChI is InChI=1S/C15H16N2O2/c1-2-10-5-3-4-6-13(10)17-14-8-7-11(16)9-12(14)15(18)19/h3-9,17H,2,16H2,1H3,(H,18,19). The fraction of sp³-hybridized carbons (Fsp3) is 0.133. The zero-order valence-electron chi connectivity index (χ0n) is 10.7. The maximum absolute atomic E-state index is 11.2. The molecule has 0 aliphatic carbocycles. The number of hydrogen-bond donors (Lipinski definition) is 3. The summed E-state index contributed by atoms with van der Waals surface area (Å²) >= 11 is 0. The third-order valence-electron chi connectivity index (χ3n) is 2.94. The largest absolute Gasteiger partial charge is 0.478 e. The Bertz CT molecular complexity index is 609. The lowest BCUT2D eigenvalue weighted by atomic mass is 10.1. The Kier molecular flexibility index (Phi) is 3.71. The second kappa shape index (κ2) is 5.44. The number of nitrogens with two attached hydrogens (primary N) is 1. The van der Waals surface area contributed by atoms with Crippen molar-refractivity contribution in [1.29, 1.82) is 0 Å². The zero-order valence-corrected chi connectivity index (χ0v) is 10.7. The molecule has 0 atom stereocenters. The van der Waals surface area contributed by atoms with Gasteiger partial charge in [0.15, 0.2) is 0 Å². The molecule has 4 heteroatoms. The van der Waals surface area contributed by atoms with Crippen LogP contribution in [0.2, 0.25) is 0 Å². The predicted molar refractivity (Wildman–Crippen MR) is 76.9 cm³/mol. The van der Waals surface area contributed by atoms with Crippen LogP contribution in [0.4, 0.5) is 17.1 Å². The summed E-state index contributed by atoms with van der Waals surface area (Å²) in [6.45, 7) is 2.06. The Morgan fingerprint density at radius 1 is 1.21 bits per heavy atom. The quantitative estimate of drug-likeness (QED) is 0.734. The number of benzene rings is 2. The maximum Gasteiger partial charge on any atom is 0.337 e. The highest BCUT2D eigenvalue weighted by Gasteiger charge is 2.11. The van der Waals surface area contributed by atoms with Gasteiger partial charge in [0.25, 0.3) is 0 Å². The number of carboxylic acid groups (broad SMARTS) is 1. The average molecular weight is 256 g/mol. The van der Waals surface area contributed by atoms with Gasteiger partial charge in [-0.05, 0) is 36.2 Å². The minimum absolute atomic E-state index is 0.172. The maximum atomic E-state index is 11.2. The molecule has 0 heterocycles. The fourth-order valence-corrected chi connectivity index (χ4v) is 1.94. The van der Waals surface area contributed by atoms with E-state index in [9.17, 15) is 9.90 Å². The summed E-state index contributed by atoms with van der Waals surface area (Å²) in [6, 6.07) is 12.7. The van der Waals surface area contributed by atoms with Gasteiger partial charge in [0.05, 0.1) is 11.3 Å². The third-order valence-corrected chi connectivity index (χ3v) is 2.94. The van der Waals surface area contributed by atoms with Gasteiger partial charge in [-0.25, -0.2) is 4.79 Å². The van der Waals surface area contributed by atoms with Gasteiger partial charge in [-0.3, -0.25) is 0 Å². The molecule has 4 nitrogen and oxygen atoms in total. The molecule has 2 aromatic carbocycles. The molecule has 0 radical (unpaired) electrons. The van der Waals surface area contributed by atoms with Gasteiger partial charge < -0.3 is 16.2 Å². The first-order chi connectivity index (χ1) is 9.11. The first-order valence-corrected chi connectivity index (χ1v) is 6.09. The van der Waals surface area contributed by atoms with Crippen molar-refractivity contribution in [3.63, 3.8) is 0 Å². The number of anilines is 3. The number of para-hydroxylation sites is 1. The van der Waals surface area contributed by atoms with E-state index in [4.69, 9.17) is 5.73 Å². The van der Waals surface area contributed by atoms with E-state index in [0.717, 1.165) is 17.7 Å². The van der Waals surface area contributed by atoms with Crippen LogP contribution in [-0.4, -0.2) is 11.1 Å². The Morgan fingerprint density at radius 3 is 2.63 bits per heavy atom. The van der Waals surface area contributed by atoms with Crippen molar-refractivity contribution in [2.24, 2.45) is 0 Å². The SMILES string of the molecule is CCc1ccccc1Nc1ccc(N)cc1C(=O)O. The van der Waals surface area contributed by atoms with Crippen molar-refractivity contribution in [2.45, 2.75) is 13.3 Å². The average Bonchev–Trinajstić information content (AvgIpc) is 2.41. The number of carbonyl (C=O) groups is 1. The Morgan fingerprint density at radius 2 is 1.95 bits per heavy atom. The van der Waals surface area contributed by atoms with Crippen LogP contribution < -0.4 is 11.1 Å². The first-order valence-electron chi connectivity index (χ1n) is 6.09. The zero-order chi connectivity index (χ0) is 13.8. The summed E-state index contributed by atoms with van der Waals surface area (Å²) in [5.74, 6) is -0.997. The van der Waals surface area contributed by atoms with Crippen LogP contribution in [-0.2, 0) is 6.42 Å². The van der Waals surface area contributed by atoms with E-state index >= 15 is 0 Å². The van der Waals surface area contributed by atoms with E-state index in [0.29, 0.717) is 11.4 Å². The van der Waals surface area contributed by atoms with Crippen molar-refractivity contribution < 1.29 is 9.90 Å². The van der Waals surface area contributed by atoms with E-state index in [1.165, 1.54) is 6.07 Å². The molecule has 4 N–H and O–H groups in total. The van der Waals surface area contributed by atoms with Gasteiger partial charge in [-0.15, -0.1) is 0 Å². The lowest BCUT2D eigenvalue weighted by Gasteiger charge is -2.13. The number of carboxylic acids is 1. The van der Waals surface area contributed by atoms with Crippen LogP contribution >= 0.6 is 0 Å². The van der Waals surface area contributed by atoms with E-state index in [2.05, 4.69) is 12.2 Å². The van der Waals surface area contributed by atoms with Gasteiger partial charge in [0, 0.05) is 11.4 Å². The molecule has 2 rings (SSSR count). The molecule has 2 aromatic rings. The summed E-state index contributed by atoms with van der Waals surface area (Å²) < 4.78 is 0. The number of aryl methyl sites for hydroxylation is 1. The summed E-state index contributed by atoms with van der Waals surface area (Å²) in [5.41, 5.74) is 8.83. The molecule has 0 unspecified atom stereocenters. The van der Waals surface area contributed by atoms with Crippen LogP contribution in [0.15, 0.2) is 42.5 Å². The highest BCUT2D eigenvalue weighted by Crippen LogP contribution is 2.25. The molecule has 0 amide bonds. The molecule has 19 heavy (non-hydrogen) atoms. The van der Waals surface area contributed by atoms with Crippen LogP contribution in [0.5, 0.6) is 0 Å². The van der Waals surface area contributed by atoms with Crippen LogP contribution in [0, 0.1) is 0 Å². The molecular weight excluding hydrogens is 240 g/mol. The third kappa shape index (κ3) is 2.85. The predicted octanol–water partition coefficient (Wildman–Crippen LogP) is 3.27. The minimum Gasteiger partial charge on any atom is -0.478 e. The molecule has 0 fully saturated rings.